The van der Waals surface area contributed by atoms with Crippen LogP contribution in [-0.2, 0) is 15.0 Å². The van der Waals surface area contributed by atoms with Crippen molar-refractivity contribution in [2.75, 3.05) is 19.6 Å². The Labute approximate surface area is 234 Å². The lowest BCUT2D eigenvalue weighted by atomic mass is 9.62. The van der Waals surface area contributed by atoms with Crippen molar-refractivity contribution >= 4 is 17.4 Å². The quantitative estimate of drug-likeness (QED) is 0.342. The molecular formula is C33H47N3O3. The molecule has 0 aromatic heterocycles. The normalized spacial score (nSPS) is 26.6. The number of allylic oxidation sites excluding steroid dienone is 2. The van der Waals surface area contributed by atoms with Gasteiger partial charge in [-0.25, -0.2) is 0 Å². The maximum absolute atomic E-state index is 12.9. The first-order valence-electron chi connectivity index (χ1n) is 14.9. The van der Waals surface area contributed by atoms with Crippen molar-refractivity contribution in [2.24, 2.45) is 16.6 Å². The highest BCUT2D eigenvalue weighted by Gasteiger charge is 2.38. The van der Waals surface area contributed by atoms with E-state index in [1.54, 1.807) is 4.90 Å². The molecule has 6 heteroatoms. The highest BCUT2D eigenvalue weighted by molar-refractivity contribution is 6.09. The average Bonchev–Trinajstić information content (AvgIpc) is 3.41. The van der Waals surface area contributed by atoms with Gasteiger partial charge in [-0.1, -0.05) is 30.4 Å². The van der Waals surface area contributed by atoms with Gasteiger partial charge in [0.1, 0.15) is 5.70 Å². The summed E-state index contributed by atoms with van der Waals surface area (Å²) in [4.78, 5) is 32.1. The number of carbonyl (C=O) groups excluding carboxylic acids is 2. The predicted molar refractivity (Wildman–Crippen MR) is 158 cm³/mol. The van der Waals surface area contributed by atoms with E-state index in [4.69, 9.17) is 5.73 Å². The Morgan fingerprint density at radius 2 is 1.82 bits per heavy atom. The molecule has 0 radical (unpaired) electrons. The highest BCUT2D eigenvalue weighted by Crippen LogP contribution is 2.48. The van der Waals surface area contributed by atoms with Crippen LogP contribution >= 0.6 is 0 Å². The van der Waals surface area contributed by atoms with E-state index >= 15 is 0 Å². The number of carbonyl (C=O) groups is 2. The number of rotatable bonds is 8. The fourth-order valence-corrected chi connectivity index (χ4v) is 6.84. The number of hydrogen-bond acceptors (Lipinski definition) is 5. The molecule has 2 saturated carbocycles. The second kappa shape index (κ2) is 12.6. The first kappa shape index (κ1) is 29.3. The molecule has 1 heterocycles. The van der Waals surface area contributed by atoms with E-state index in [0.29, 0.717) is 38.3 Å². The summed E-state index contributed by atoms with van der Waals surface area (Å²) in [5, 5.41) is 9.73. The molecule has 6 nitrogen and oxygen atoms in total. The second-order valence-electron chi connectivity index (χ2n) is 12.2. The van der Waals surface area contributed by atoms with Crippen LogP contribution in [0, 0.1) is 19.8 Å². The number of Topliss-reactive ketones (excluding diaryl/α,β-unsaturated/α-hetero) is 1. The van der Waals surface area contributed by atoms with Gasteiger partial charge in [-0.15, -0.1) is 0 Å². The molecule has 0 bridgehead atoms. The van der Waals surface area contributed by atoms with Gasteiger partial charge in [0.25, 0.3) is 5.91 Å². The smallest absolute Gasteiger partial charge is 0.270 e. The molecule has 4 rings (SSSR count). The van der Waals surface area contributed by atoms with Crippen LogP contribution in [0.25, 0.3) is 0 Å². The third-order valence-corrected chi connectivity index (χ3v) is 9.67. The van der Waals surface area contributed by atoms with E-state index in [0.717, 1.165) is 62.7 Å². The van der Waals surface area contributed by atoms with Crippen LogP contribution in [-0.4, -0.2) is 53.1 Å². The number of nitrogens with two attached hydrogens (primary N) is 1. The Morgan fingerprint density at radius 3 is 2.49 bits per heavy atom. The largest absolute Gasteiger partial charge is 0.394 e. The van der Waals surface area contributed by atoms with Gasteiger partial charge < -0.3 is 15.7 Å². The minimum Gasteiger partial charge on any atom is -0.394 e. The van der Waals surface area contributed by atoms with Crippen molar-refractivity contribution in [3.05, 3.63) is 58.3 Å². The van der Waals surface area contributed by atoms with Gasteiger partial charge in [0.15, 0.2) is 5.78 Å². The molecule has 1 aliphatic heterocycles. The summed E-state index contributed by atoms with van der Waals surface area (Å²) in [6, 6.07) is 6.63. The summed E-state index contributed by atoms with van der Waals surface area (Å²) in [5.74, 6) is 0.550. The molecule has 3 N–H and O–H groups in total. The minimum atomic E-state index is -0.336. The molecule has 0 atom stereocenters. The standard InChI is InChI=1S/C33H47N3O3/c1-22(2)33(29-9-5-7-23(3)24(29)4)17-13-25(14-18-33)11-12-27(38)21-35-30-10-6-8-28(30)31(34)32(39)36-19-15-26(37)16-20-36/h5,7,9,25-26,37H,1,6,8,10-21,34H2,2-4H3/b31-28-,35-30?. The third kappa shape index (κ3) is 6.54. The summed E-state index contributed by atoms with van der Waals surface area (Å²) in [5.41, 5.74) is 13.6. The van der Waals surface area contributed by atoms with Gasteiger partial charge in [-0.2, -0.15) is 0 Å². The number of likely N-dealkylation sites (tertiary alicyclic amines) is 1. The van der Waals surface area contributed by atoms with Gasteiger partial charge in [-0.3, -0.25) is 14.6 Å². The Bertz CT molecular complexity index is 1150. The van der Waals surface area contributed by atoms with Crippen LogP contribution in [0.4, 0.5) is 0 Å². The van der Waals surface area contributed by atoms with Crippen molar-refractivity contribution in [2.45, 2.75) is 103 Å². The molecule has 39 heavy (non-hydrogen) atoms. The number of aliphatic hydroxyl groups is 1. The number of nitrogens with zero attached hydrogens (tertiary/aromatic N) is 2. The van der Waals surface area contributed by atoms with Crippen LogP contribution in [0.15, 0.2) is 46.6 Å². The monoisotopic (exact) mass is 533 g/mol. The number of ketones is 1. The lowest BCUT2D eigenvalue weighted by Crippen LogP contribution is -2.42. The van der Waals surface area contributed by atoms with Crippen molar-refractivity contribution < 1.29 is 14.7 Å². The van der Waals surface area contributed by atoms with Crippen molar-refractivity contribution in [1.82, 2.24) is 4.90 Å². The topological polar surface area (TPSA) is 96.0 Å². The number of aliphatic hydroxyl groups excluding tert-OH is 1. The van der Waals surface area contributed by atoms with Crippen LogP contribution in [0.1, 0.15) is 94.2 Å². The fraction of sp³-hybridized carbons (Fsp3) is 0.606. The molecular weight excluding hydrogens is 486 g/mol. The van der Waals surface area contributed by atoms with Gasteiger partial charge >= 0.3 is 0 Å². The molecule has 3 aliphatic rings. The Morgan fingerprint density at radius 1 is 1.13 bits per heavy atom. The van der Waals surface area contributed by atoms with Crippen molar-refractivity contribution in [3.63, 3.8) is 0 Å². The summed E-state index contributed by atoms with van der Waals surface area (Å²) in [7, 11) is 0. The summed E-state index contributed by atoms with van der Waals surface area (Å²) >= 11 is 0. The van der Waals surface area contributed by atoms with E-state index in [1.807, 2.05) is 0 Å². The summed E-state index contributed by atoms with van der Waals surface area (Å²) < 4.78 is 0. The van der Waals surface area contributed by atoms with Crippen LogP contribution in [0.2, 0.25) is 0 Å². The Balaban J connectivity index is 1.30. The number of amides is 1. The molecule has 3 fully saturated rings. The number of hydrogen-bond donors (Lipinski definition) is 2. The van der Waals surface area contributed by atoms with Gasteiger partial charge in [0.05, 0.1) is 12.6 Å². The molecule has 1 aromatic carbocycles. The van der Waals surface area contributed by atoms with E-state index in [9.17, 15) is 14.7 Å². The molecule has 1 aromatic rings. The Hall–Kier alpha value is -2.73. The van der Waals surface area contributed by atoms with Crippen molar-refractivity contribution in [1.29, 1.82) is 0 Å². The zero-order chi connectivity index (χ0) is 28.2. The van der Waals surface area contributed by atoms with Gasteiger partial charge in [-0.05, 0) is 108 Å². The molecule has 1 saturated heterocycles. The second-order valence-corrected chi connectivity index (χ2v) is 12.2. The number of aliphatic imine (C=N–C) groups is 1. The maximum atomic E-state index is 12.9. The SMILES string of the molecule is C=C(C)C1(c2cccc(C)c2C)CCC(CCC(=O)CN=C2CCC/C2=C(/N)C(=O)N2CCC(O)CC2)CC1. The van der Waals surface area contributed by atoms with Crippen LogP contribution in [0.3, 0.4) is 0 Å². The number of piperidine rings is 1. The Kier molecular flexibility index (Phi) is 9.47. The lowest BCUT2D eigenvalue weighted by Gasteiger charge is -2.42. The number of aryl methyl sites for hydroxylation is 1. The van der Waals surface area contributed by atoms with E-state index in [-0.39, 0.29) is 35.5 Å². The molecule has 1 amide bonds. The molecule has 0 unspecified atom stereocenters. The van der Waals surface area contributed by atoms with E-state index in [2.05, 4.69) is 50.5 Å². The van der Waals surface area contributed by atoms with Crippen LogP contribution in [0.5, 0.6) is 0 Å². The lowest BCUT2D eigenvalue weighted by molar-refractivity contribution is -0.129. The van der Waals surface area contributed by atoms with Crippen molar-refractivity contribution in [3.8, 4) is 0 Å². The van der Waals surface area contributed by atoms with E-state index < -0.39 is 0 Å². The first-order chi connectivity index (χ1) is 18.6. The third-order valence-electron chi connectivity index (χ3n) is 9.67. The highest BCUT2D eigenvalue weighted by atomic mass is 16.3. The van der Waals surface area contributed by atoms with E-state index in [1.165, 1.54) is 22.3 Å². The minimum absolute atomic E-state index is 0.0408. The summed E-state index contributed by atoms with van der Waals surface area (Å²) in [6.45, 7) is 12.2. The van der Waals surface area contributed by atoms with Gasteiger partial charge in [0, 0.05) is 36.2 Å². The molecule has 0 spiro atoms. The first-order valence-corrected chi connectivity index (χ1v) is 14.9. The van der Waals surface area contributed by atoms with Gasteiger partial charge in [0.2, 0.25) is 0 Å². The number of benzene rings is 1. The molecule has 2 aliphatic carbocycles. The average molecular weight is 534 g/mol. The fourth-order valence-electron chi connectivity index (χ4n) is 6.84. The maximum Gasteiger partial charge on any atom is 0.270 e. The predicted octanol–water partition coefficient (Wildman–Crippen LogP) is 5.48. The molecule has 212 valence electrons. The summed E-state index contributed by atoms with van der Waals surface area (Å²) in [6.07, 6.45) is 9.10. The zero-order valence-electron chi connectivity index (χ0n) is 24.2. The van der Waals surface area contributed by atoms with Crippen LogP contribution < -0.4 is 5.73 Å². The zero-order valence-corrected chi connectivity index (χ0v) is 24.2.